The van der Waals surface area contributed by atoms with Crippen LogP contribution in [0.2, 0.25) is 0 Å². The summed E-state index contributed by atoms with van der Waals surface area (Å²) in [6.45, 7) is 0. The first-order valence-electron chi connectivity index (χ1n) is 4.26. The van der Waals surface area contributed by atoms with E-state index in [1.165, 1.54) is 22.7 Å². The monoisotopic (exact) mass is 251 g/mol. The maximum Gasteiger partial charge on any atom is 0.277 e. The minimum absolute atomic E-state index is 0.357. The number of rotatable bonds is 2. The summed E-state index contributed by atoms with van der Waals surface area (Å²) in [6.07, 6.45) is 0. The summed E-state index contributed by atoms with van der Waals surface area (Å²) in [5.41, 5.74) is 8.53. The molecule has 0 aliphatic rings. The zero-order valence-electron chi connectivity index (χ0n) is 7.82. The topological polar surface area (TPSA) is 90.7 Å². The Morgan fingerprint density at radius 2 is 2.12 bits per heavy atom. The molecule has 6 nitrogen and oxygen atoms in total. The van der Waals surface area contributed by atoms with E-state index in [1.807, 2.05) is 5.38 Å². The summed E-state index contributed by atoms with van der Waals surface area (Å²) in [6, 6.07) is 0. The number of aromatic nitrogens is 4. The van der Waals surface area contributed by atoms with Crippen molar-refractivity contribution in [3.05, 3.63) is 16.3 Å². The lowest BCUT2D eigenvalue weighted by Gasteiger charge is -1.82. The van der Waals surface area contributed by atoms with Gasteiger partial charge in [0, 0.05) is 10.8 Å². The summed E-state index contributed by atoms with van der Waals surface area (Å²) < 4.78 is 5.08. The number of hydrogen-bond acceptors (Lipinski definition) is 8. The highest BCUT2D eigenvalue weighted by Crippen LogP contribution is 2.24. The molecule has 16 heavy (non-hydrogen) atoms. The first kappa shape index (κ1) is 9.43. The third-order valence-corrected chi connectivity index (χ3v) is 3.09. The lowest BCUT2D eigenvalue weighted by atomic mass is 10.4. The van der Waals surface area contributed by atoms with E-state index in [4.69, 9.17) is 10.3 Å². The standard InChI is InChI=1S/C8H5N5OS2/c9-8-11-5(2-16-8)7-12-6(13-14-7)4-1-15-3-10-4/h1-3H,(H2,9,11). The highest BCUT2D eigenvalue weighted by atomic mass is 32.1. The van der Waals surface area contributed by atoms with Crippen molar-refractivity contribution in [2.75, 3.05) is 5.73 Å². The van der Waals surface area contributed by atoms with Crippen molar-refractivity contribution in [3.8, 4) is 23.1 Å². The van der Waals surface area contributed by atoms with Crippen LogP contribution in [0.3, 0.4) is 0 Å². The fraction of sp³-hybridized carbons (Fsp3) is 0. The zero-order chi connectivity index (χ0) is 11.0. The molecule has 3 aromatic heterocycles. The highest BCUT2D eigenvalue weighted by molar-refractivity contribution is 7.13. The van der Waals surface area contributed by atoms with Gasteiger partial charge in [0.1, 0.15) is 11.4 Å². The third-order valence-electron chi connectivity index (χ3n) is 1.83. The van der Waals surface area contributed by atoms with Gasteiger partial charge in [0.25, 0.3) is 5.89 Å². The molecule has 0 aromatic carbocycles. The molecule has 0 aliphatic heterocycles. The predicted octanol–water partition coefficient (Wildman–Crippen LogP) is 1.90. The van der Waals surface area contributed by atoms with Gasteiger partial charge >= 0.3 is 0 Å². The van der Waals surface area contributed by atoms with Crippen molar-refractivity contribution in [2.24, 2.45) is 0 Å². The SMILES string of the molecule is Nc1nc(-c2nc(-c3cscn3)no2)cs1. The maximum absolute atomic E-state index is 5.52. The molecule has 3 heterocycles. The second-order valence-electron chi connectivity index (χ2n) is 2.87. The molecule has 0 atom stereocenters. The number of nitrogens with two attached hydrogens (primary N) is 1. The number of nitrogen functional groups attached to an aromatic ring is 1. The average Bonchev–Trinajstić information content (AvgIpc) is 2.97. The van der Waals surface area contributed by atoms with Crippen LogP contribution >= 0.6 is 22.7 Å². The Kier molecular flexibility index (Phi) is 2.15. The lowest BCUT2D eigenvalue weighted by molar-refractivity contribution is 0.431. The van der Waals surface area contributed by atoms with Crippen LogP contribution in [0.1, 0.15) is 0 Å². The maximum atomic E-state index is 5.52. The van der Waals surface area contributed by atoms with Crippen LogP contribution in [0.5, 0.6) is 0 Å². The molecule has 0 radical (unpaired) electrons. The quantitative estimate of drug-likeness (QED) is 0.748. The molecule has 80 valence electrons. The fourth-order valence-electron chi connectivity index (χ4n) is 1.14. The van der Waals surface area contributed by atoms with Crippen molar-refractivity contribution in [1.29, 1.82) is 0 Å². The van der Waals surface area contributed by atoms with Crippen molar-refractivity contribution in [3.63, 3.8) is 0 Å². The Morgan fingerprint density at radius 3 is 2.81 bits per heavy atom. The Morgan fingerprint density at radius 1 is 1.19 bits per heavy atom. The Hall–Kier alpha value is -1.80. The fourth-order valence-corrected chi connectivity index (χ4v) is 2.21. The molecule has 0 aliphatic carbocycles. The Labute approximate surface area is 97.8 Å². The van der Waals surface area contributed by atoms with Gasteiger partial charge in [-0.1, -0.05) is 5.16 Å². The van der Waals surface area contributed by atoms with Crippen molar-refractivity contribution < 1.29 is 4.52 Å². The lowest BCUT2D eigenvalue weighted by Crippen LogP contribution is -1.83. The van der Waals surface area contributed by atoms with Gasteiger partial charge in [-0.3, -0.25) is 0 Å². The summed E-state index contributed by atoms with van der Waals surface area (Å²) in [5.74, 6) is 0.818. The molecule has 0 fully saturated rings. The molecule has 2 N–H and O–H groups in total. The van der Waals surface area contributed by atoms with Gasteiger partial charge < -0.3 is 10.3 Å². The van der Waals surface area contributed by atoms with E-state index in [2.05, 4.69) is 20.1 Å². The molecule has 0 spiro atoms. The van der Waals surface area contributed by atoms with Crippen LogP contribution in [-0.4, -0.2) is 20.1 Å². The molecular formula is C8H5N5OS2. The second kappa shape index (κ2) is 3.65. The van der Waals surface area contributed by atoms with Crippen LogP contribution in [0.15, 0.2) is 20.8 Å². The molecule has 3 aromatic rings. The number of nitrogens with zero attached hydrogens (tertiary/aromatic N) is 4. The van der Waals surface area contributed by atoms with E-state index < -0.39 is 0 Å². The van der Waals surface area contributed by atoms with E-state index in [1.54, 1.807) is 10.9 Å². The van der Waals surface area contributed by atoms with Gasteiger partial charge in [-0.25, -0.2) is 9.97 Å². The van der Waals surface area contributed by atoms with Gasteiger partial charge in [-0.05, 0) is 0 Å². The van der Waals surface area contributed by atoms with Gasteiger partial charge in [0.15, 0.2) is 5.13 Å². The molecule has 0 unspecified atom stereocenters. The van der Waals surface area contributed by atoms with E-state index in [0.29, 0.717) is 28.2 Å². The van der Waals surface area contributed by atoms with E-state index in [0.717, 1.165) is 0 Å². The average molecular weight is 251 g/mol. The van der Waals surface area contributed by atoms with Crippen LogP contribution in [0.4, 0.5) is 5.13 Å². The first-order chi connectivity index (χ1) is 7.83. The minimum atomic E-state index is 0.357. The van der Waals surface area contributed by atoms with Crippen LogP contribution in [0.25, 0.3) is 23.1 Å². The van der Waals surface area contributed by atoms with Crippen LogP contribution < -0.4 is 5.73 Å². The summed E-state index contributed by atoms with van der Waals surface area (Å²) in [7, 11) is 0. The van der Waals surface area contributed by atoms with E-state index in [-0.39, 0.29) is 0 Å². The van der Waals surface area contributed by atoms with Gasteiger partial charge in [-0.15, -0.1) is 22.7 Å². The minimum Gasteiger partial charge on any atom is -0.375 e. The number of anilines is 1. The van der Waals surface area contributed by atoms with Crippen molar-refractivity contribution >= 4 is 27.8 Å². The largest absolute Gasteiger partial charge is 0.375 e. The van der Waals surface area contributed by atoms with Crippen molar-refractivity contribution in [2.45, 2.75) is 0 Å². The second-order valence-corrected chi connectivity index (χ2v) is 4.48. The molecule has 3 rings (SSSR count). The predicted molar refractivity (Wildman–Crippen MR) is 60.9 cm³/mol. The van der Waals surface area contributed by atoms with Crippen LogP contribution in [-0.2, 0) is 0 Å². The molecule has 0 bridgehead atoms. The molecule has 8 heteroatoms. The summed E-state index contributed by atoms with van der Waals surface area (Å²) in [5, 5.41) is 7.92. The van der Waals surface area contributed by atoms with Crippen molar-refractivity contribution in [1.82, 2.24) is 20.1 Å². The summed E-state index contributed by atoms with van der Waals surface area (Å²) >= 11 is 2.81. The summed E-state index contributed by atoms with van der Waals surface area (Å²) in [4.78, 5) is 12.3. The van der Waals surface area contributed by atoms with E-state index in [9.17, 15) is 0 Å². The highest BCUT2D eigenvalue weighted by Gasteiger charge is 2.13. The number of thiazole rings is 2. The van der Waals surface area contributed by atoms with Gasteiger partial charge in [0.05, 0.1) is 5.51 Å². The molecule has 0 amide bonds. The van der Waals surface area contributed by atoms with Gasteiger partial charge in [-0.2, -0.15) is 4.98 Å². The molecule has 0 saturated heterocycles. The Balaban J connectivity index is 2.00. The third kappa shape index (κ3) is 1.57. The molecule has 0 saturated carbocycles. The smallest absolute Gasteiger partial charge is 0.277 e. The zero-order valence-corrected chi connectivity index (χ0v) is 9.46. The van der Waals surface area contributed by atoms with E-state index >= 15 is 0 Å². The Bertz CT molecular complexity index is 600. The normalized spacial score (nSPS) is 10.8. The molecular weight excluding hydrogens is 246 g/mol. The number of hydrogen-bond donors (Lipinski definition) is 1. The van der Waals surface area contributed by atoms with Gasteiger partial charge in [0.2, 0.25) is 5.82 Å². The first-order valence-corrected chi connectivity index (χ1v) is 6.09. The van der Waals surface area contributed by atoms with Crippen LogP contribution in [0, 0.1) is 0 Å².